The maximum Gasteiger partial charge on any atom is 0.316 e. The number of esters is 1. The van der Waals surface area contributed by atoms with Gasteiger partial charge >= 0.3 is 5.97 Å². The van der Waals surface area contributed by atoms with Crippen molar-refractivity contribution in [1.82, 2.24) is 0 Å². The predicted molar refractivity (Wildman–Crippen MR) is 147 cm³/mol. The molecule has 1 aliphatic carbocycles. The fourth-order valence-electron chi connectivity index (χ4n) is 5.58. The Labute approximate surface area is 232 Å². The second-order valence-corrected chi connectivity index (χ2v) is 12.6. The van der Waals surface area contributed by atoms with Crippen molar-refractivity contribution < 1.29 is 23.9 Å². The van der Waals surface area contributed by atoms with E-state index in [-0.39, 0.29) is 52.2 Å². The van der Waals surface area contributed by atoms with Crippen LogP contribution >= 0.6 is 31.9 Å². The number of rotatable bonds is 4. The average Bonchev–Trinajstić information content (AvgIpc) is 3.34. The van der Waals surface area contributed by atoms with Gasteiger partial charge in [-0.05, 0) is 74.6 Å². The fourth-order valence-corrected chi connectivity index (χ4v) is 6.82. The molecule has 9 heteroatoms. The molecule has 1 saturated carbocycles. The van der Waals surface area contributed by atoms with E-state index in [0.717, 1.165) is 16.8 Å². The Morgan fingerprint density at radius 2 is 1.51 bits per heavy atom. The van der Waals surface area contributed by atoms with Gasteiger partial charge in [-0.15, -0.1) is 0 Å². The maximum atomic E-state index is 13.2. The third-order valence-electron chi connectivity index (χ3n) is 7.65. The van der Waals surface area contributed by atoms with Crippen molar-refractivity contribution in [2.24, 2.45) is 17.8 Å². The Balaban J connectivity index is 1.29. The van der Waals surface area contributed by atoms with Crippen LogP contribution in [0.3, 0.4) is 0 Å². The monoisotopic (exact) mass is 630 g/mol. The molecule has 3 aliphatic rings. The van der Waals surface area contributed by atoms with E-state index in [0.29, 0.717) is 29.8 Å². The fraction of sp³-hybridized carbons (Fsp3) is 0.429. The van der Waals surface area contributed by atoms with Gasteiger partial charge in [-0.3, -0.25) is 19.2 Å². The molecular formula is C28H28Br2N2O5. The lowest BCUT2D eigenvalue weighted by Gasteiger charge is -2.29. The van der Waals surface area contributed by atoms with Crippen molar-refractivity contribution >= 4 is 66.9 Å². The number of hydrogen-bond acceptors (Lipinski definition) is 5. The van der Waals surface area contributed by atoms with Gasteiger partial charge in [0.15, 0.2) is 0 Å². The minimum absolute atomic E-state index is 0.0893. The van der Waals surface area contributed by atoms with Gasteiger partial charge in [0.2, 0.25) is 17.7 Å². The van der Waals surface area contributed by atoms with Crippen LogP contribution in [0.5, 0.6) is 5.75 Å². The molecular weight excluding hydrogens is 604 g/mol. The normalized spacial score (nSPS) is 27.6. The van der Waals surface area contributed by atoms with Crippen LogP contribution in [0, 0.1) is 38.5 Å². The van der Waals surface area contributed by atoms with Gasteiger partial charge < -0.3 is 9.64 Å². The summed E-state index contributed by atoms with van der Waals surface area (Å²) in [7, 11) is 0. The van der Waals surface area contributed by atoms with Gasteiger partial charge in [0.05, 0.1) is 23.4 Å². The summed E-state index contributed by atoms with van der Waals surface area (Å²) in [6, 6.07) is 10.8. The molecule has 2 aromatic rings. The van der Waals surface area contributed by atoms with E-state index in [1.54, 1.807) is 30.0 Å². The first-order valence-electron chi connectivity index (χ1n) is 12.4. The van der Waals surface area contributed by atoms with Crippen LogP contribution in [-0.4, -0.2) is 39.9 Å². The van der Waals surface area contributed by atoms with Crippen LogP contribution in [0.1, 0.15) is 36.0 Å². The number of fused-ring (bicyclic) bond motifs is 1. The summed E-state index contributed by atoms with van der Waals surface area (Å²) in [5.74, 6) is -1.85. The van der Waals surface area contributed by atoms with Crippen LogP contribution < -0.4 is 14.5 Å². The quantitative estimate of drug-likeness (QED) is 0.205. The molecule has 5 atom stereocenters. The molecule has 194 valence electrons. The van der Waals surface area contributed by atoms with E-state index in [1.807, 2.05) is 32.0 Å². The van der Waals surface area contributed by atoms with Gasteiger partial charge in [0, 0.05) is 28.3 Å². The zero-order valence-corrected chi connectivity index (χ0v) is 24.0. The lowest BCUT2D eigenvalue weighted by molar-refractivity contribution is -0.139. The molecule has 0 N–H and O–H groups in total. The summed E-state index contributed by atoms with van der Waals surface area (Å²) in [5, 5.41) is 0. The second-order valence-electron chi connectivity index (χ2n) is 10.3. The Bertz CT molecular complexity index is 1280. The number of anilines is 2. The lowest BCUT2D eigenvalue weighted by atomic mass is 9.81. The molecule has 0 radical (unpaired) electrons. The number of ether oxygens (including phenoxy) is 1. The van der Waals surface area contributed by atoms with Crippen LogP contribution in [0.15, 0.2) is 36.4 Å². The van der Waals surface area contributed by atoms with Gasteiger partial charge in [-0.1, -0.05) is 44.0 Å². The van der Waals surface area contributed by atoms with Crippen molar-refractivity contribution in [3.05, 3.63) is 53.1 Å². The van der Waals surface area contributed by atoms with Crippen molar-refractivity contribution in [3.63, 3.8) is 0 Å². The first-order valence-corrected chi connectivity index (χ1v) is 14.2. The number of carbonyl (C=O) groups excluding carboxylic acids is 4. The molecule has 37 heavy (non-hydrogen) atoms. The Morgan fingerprint density at radius 3 is 2.14 bits per heavy atom. The number of benzene rings is 2. The molecule has 3 fully saturated rings. The van der Waals surface area contributed by atoms with Gasteiger partial charge in [-0.25, -0.2) is 4.90 Å². The van der Waals surface area contributed by atoms with Gasteiger partial charge in [0.25, 0.3) is 0 Å². The molecule has 7 nitrogen and oxygen atoms in total. The molecule has 5 rings (SSSR count). The topological polar surface area (TPSA) is 84.0 Å². The minimum Gasteiger partial charge on any atom is -0.426 e. The van der Waals surface area contributed by atoms with Gasteiger partial charge in [-0.2, -0.15) is 0 Å². The number of amides is 3. The number of halogens is 2. The number of hydrogen-bond donors (Lipinski definition) is 0. The first kappa shape index (κ1) is 26.1. The number of imide groups is 1. The molecule has 0 unspecified atom stereocenters. The molecule has 0 bridgehead atoms. The summed E-state index contributed by atoms with van der Waals surface area (Å²) in [4.78, 5) is 55.2. The maximum absolute atomic E-state index is 13.2. The van der Waals surface area contributed by atoms with Crippen molar-refractivity contribution in [1.29, 1.82) is 0 Å². The number of carbonyl (C=O) groups is 4. The first-order chi connectivity index (χ1) is 17.5. The Hall–Kier alpha value is -2.52. The summed E-state index contributed by atoms with van der Waals surface area (Å²) in [5.41, 5.74) is 4.01. The summed E-state index contributed by atoms with van der Waals surface area (Å²) in [6.45, 7) is 5.97. The smallest absolute Gasteiger partial charge is 0.316 e. The van der Waals surface area contributed by atoms with Crippen LogP contribution in [-0.2, 0) is 19.2 Å². The molecule has 3 amide bonds. The van der Waals surface area contributed by atoms with Crippen LogP contribution in [0.2, 0.25) is 0 Å². The van der Waals surface area contributed by atoms with E-state index in [2.05, 4.69) is 31.9 Å². The van der Waals surface area contributed by atoms with E-state index in [4.69, 9.17) is 4.74 Å². The van der Waals surface area contributed by atoms with Crippen LogP contribution in [0.4, 0.5) is 11.4 Å². The Morgan fingerprint density at radius 1 is 0.865 bits per heavy atom. The minimum atomic E-state index is -0.577. The highest BCUT2D eigenvalue weighted by molar-refractivity contribution is 9.12. The summed E-state index contributed by atoms with van der Waals surface area (Å²) >= 11 is 7.23. The molecule has 0 spiro atoms. The highest BCUT2D eigenvalue weighted by atomic mass is 79.9. The molecule has 0 aromatic heterocycles. The number of nitrogens with zero attached hydrogens (tertiary/aromatic N) is 2. The average molecular weight is 632 g/mol. The third-order valence-corrected chi connectivity index (χ3v) is 10.4. The van der Waals surface area contributed by atoms with Crippen molar-refractivity contribution in [2.45, 2.75) is 49.7 Å². The van der Waals surface area contributed by atoms with E-state index >= 15 is 0 Å². The molecule has 2 heterocycles. The molecule has 2 aromatic carbocycles. The van der Waals surface area contributed by atoms with Gasteiger partial charge in [0.1, 0.15) is 5.75 Å². The Kier molecular flexibility index (Phi) is 7.04. The standard InChI is InChI=1S/C28H28Br2N2O5/c1-14-4-5-15(2)24(8-14)31-13-17(10-25(31)33)28(36)37-18-6-7-23(16(3)9-18)32-26(34)19-11-21(29)22(30)12-20(19)27(32)35/h4-9,17,19-22H,10-13H2,1-3H3/t17-,19-,20-,21+,22+/m1/s1. The van der Waals surface area contributed by atoms with E-state index < -0.39 is 11.9 Å². The van der Waals surface area contributed by atoms with E-state index in [1.165, 1.54) is 4.90 Å². The largest absolute Gasteiger partial charge is 0.426 e. The predicted octanol–water partition coefficient (Wildman–Crippen LogP) is 5.00. The van der Waals surface area contributed by atoms with Crippen LogP contribution in [0.25, 0.3) is 0 Å². The highest BCUT2D eigenvalue weighted by Gasteiger charge is 2.52. The summed E-state index contributed by atoms with van der Waals surface area (Å²) in [6.07, 6.45) is 1.30. The zero-order valence-electron chi connectivity index (χ0n) is 20.9. The molecule has 2 saturated heterocycles. The van der Waals surface area contributed by atoms with Crippen molar-refractivity contribution in [3.8, 4) is 5.75 Å². The number of alkyl halides is 2. The third kappa shape index (κ3) is 4.76. The SMILES string of the molecule is Cc1ccc(C)c(N2C[C@H](C(=O)Oc3ccc(N4C(=O)[C@@H]5C[C@H](Br)[C@@H](Br)C[C@H]5C4=O)c(C)c3)CC2=O)c1. The second kappa shape index (κ2) is 9.98. The highest BCUT2D eigenvalue weighted by Crippen LogP contribution is 2.45. The number of aryl methyl sites for hydroxylation is 3. The lowest BCUT2D eigenvalue weighted by Crippen LogP contribution is -2.34. The molecule has 2 aliphatic heterocycles. The zero-order chi connectivity index (χ0) is 26.6. The summed E-state index contributed by atoms with van der Waals surface area (Å²) < 4.78 is 5.64. The van der Waals surface area contributed by atoms with Crippen molar-refractivity contribution in [2.75, 3.05) is 16.3 Å². The van der Waals surface area contributed by atoms with E-state index in [9.17, 15) is 19.2 Å².